The lowest BCUT2D eigenvalue weighted by Gasteiger charge is -2.06. The lowest BCUT2D eigenvalue weighted by atomic mass is 10.2. The van der Waals surface area contributed by atoms with Gasteiger partial charge in [0.05, 0.1) is 10.0 Å². The second-order valence-electron chi connectivity index (χ2n) is 2.29. The number of alkyl halides is 1. The van der Waals surface area contributed by atoms with E-state index in [1.165, 1.54) is 6.07 Å². The molecule has 0 aliphatic carbocycles. The van der Waals surface area contributed by atoms with Crippen molar-refractivity contribution >= 4 is 23.2 Å². The number of halogens is 3. The number of hydrogen-bond donors (Lipinski definition) is 0. The Kier molecular flexibility index (Phi) is 3.18. The molecule has 0 radical (unpaired) electrons. The third-order valence-electron chi connectivity index (χ3n) is 1.43. The maximum atomic E-state index is 11.8. The van der Waals surface area contributed by atoms with Crippen LogP contribution >= 0.6 is 23.2 Å². The van der Waals surface area contributed by atoms with Crippen LogP contribution in [0.2, 0.25) is 10.0 Å². The van der Waals surface area contributed by atoms with Crippen molar-refractivity contribution < 1.29 is 9.13 Å². The SMILES string of the molecule is Cc1cc(Cl)c(Cl)cc1OCF. The summed E-state index contributed by atoms with van der Waals surface area (Å²) in [6.07, 6.45) is 0. The topological polar surface area (TPSA) is 9.23 Å². The summed E-state index contributed by atoms with van der Waals surface area (Å²) in [7, 11) is 0. The molecule has 0 spiro atoms. The number of hydrogen-bond acceptors (Lipinski definition) is 1. The van der Waals surface area contributed by atoms with Gasteiger partial charge in [0.15, 0.2) is 0 Å². The fourth-order valence-corrected chi connectivity index (χ4v) is 1.21. The highest BCUT2D eigenvalue weighted by molar-refractivity contribution is 6.42. The molecule has 1 aromatic rings. The van der Waals surface area contributed by atoms with Crippen LogP contribution in [0, 0.1) is 6.92 Å². The number of benzene rings is 1. The fourth-order valence-electron chi connectivity index (χ4n) is 0.842. The van der Waals surface area contributed by atoms with Gasteiger partial charge in [-0.2, -0.15) is 0 Å². The van der Waals surface area contributed by atoms with Crippen LogP contribution in [-0.4, -0.2) is 6.86 Å². The van der Waals surface area contributed by atoms with E-state index < -0.39 is 6.86 Å². The van der Waals surface area contributed by atoms with E-state index in [4.69, 9.17) is 23.2 Å². The molecule has 4 heteroatoms. The molecule has 66 valence electrons. The van der Waals surface area contributed by atoms with Crippen LogP contribution in [0.25, 0.3) is 0 Å². The highest BCUT2D eigenvalue weighted by Gasteiger charge is 2.04. The van der Waals surface area contributed by atoms with Crippen molar-refractivity contribution in [2.75, 3.05) is 6.86 Å². The third kappa shape index (κ3) is 2.02. The van der Waals surface area contributed by atoms with Gasteiger partial charge in [-0.25, -0.2) is 4.39 Å². The van der Waals surface area contributed by atoms with E-state index in [9.17, 15) is 4.39 Å². The molecule has 0 heterocycles. The quantitative estimate of drug-likeness (QED) is 0.722. The summed E-state index contributed by atoms with van der Waals surface area (Å²) in [5.41, 5.74) is 0.766. The van der Waals surface area contributed by atoms with Crippen molar-refractivity contribution in [2.24, 2.45) is 0 Å². The summed E-state index contributed by atoms with van der Waals surface area (Å²) >= 11 is 11.4. The molecule has 0 saturated carbocycles. The normalized spacial score (nSPS) is 10.0. The molecule has 0 atom stereocenters. The monoisotopic (exact) mass is 208 g/mol. The van der Waals surface area contributed by atoms with Crippen molar-refractivity contribution in [1.29, 1.82) is 0 Å². The van der Waals surface area contributed by atoms with Gasteiger partial charge in [0.2, 0.25) is 6.86 Å². The van der Waals surface area contributed by atoms with E-state index in [-0.39, 0.29) is 0 Å². The molecule has 1 nitrogen and oxygen atoms in total. The van der Waals surface area contributed by atoms with Gasteiger partial charge in [-0.05, 0) is 18.6 Å². The van der Waals surface area contributed by atoms with Crippen molar-refractivity contribution in [3.63, 3.8) is 0 Å². The summed E-state index contributed by atoms with van der Waals surface area (Å²) in [5, 5.41) is 0.811. The van der Waals surface area contributed by atoms with Crippen LogP contribution in [0.1, 0.15) is 5.56 Å². The lowest BCUT2D eigenvalue weighted by molar-refractivity contribution is 0.190. The molecule has 1 aromatic carbocycles. The fraction of sp³-hybridized carbons (Fsp3) is 0.250. The van der Waals surface area contributed by atoms with Crippen molar-refractivity contribution in [3.05, 3.63) is 27.7 Å². The Morgan fingerprint density at radius 2 is 1.92 bits per heavy atom. The van der Waals surface area contributed by atoms with Gasteiger partial charge in [0.25, 0.3) is 0 Å². The Balaban J connectivity index is 3.05. The van der Waals surface area contributed by atoms with Crippen molar-refractivity contribution in [3.8, 4) is 5.75 Å². The average Bonchev–Trinajstić information content (AvgIpc) is 2.01. The van der Waals surface area contributed by atoms with Gasteiger partial charge in [0.1, 0.15) is 5.75 Å². The summed E-state index contributed by atoms with van der Waals surface area (Å²) < 4.78 is 16.5. The van der Waals surface area contributed by atoms with Crippen LogP contribution in [0.5, 0.6) is 5.75 Å². The van der Waals surface area contributed by atoms with Gasteiger partial charge in [-0.3, -0.25) is 0 Å². The first kappa shape index (κ1) is 9.62. The van der Waals surface area contributed by atoms with Gasteiger partial charge in [-0.15, -0.1) is 0 Å². The predicted molar refractivity (Wildman–Crippen MR) is 47.8 cm³/mol. The number of ether oxygens (including phenoxy) is 1. The van der Waals surface area contributed by atoms with E-state index in [0.717, 1.165) is 5.56 Å². The smallest absolute Gasteiger partial charge is 0.228 e. The molecule has 1 rings (SSSR count). The Hall–Kier alpha value is -0.470. The molecule has 0 unspecified atom stereocenters. The summed E-state index contributed by atoms with van der Waals surface area (Å²) in [5.74, 6) is 0.423. The molecule has 0 aliphatic rings. The summed E-state index contributed by atoms with van der Waals surface area (Å²) in [6.45, 7) is 0.909. The van der Waals surface area contributed by atoms with Gasteiger partial charge >= 0.3 is 0 Å². The van der Waals surface area contributed by atoms with Crippen LogP contribution in [0.15, 0.2) is 12.1 Å². The molecule has 0 saturated heterocycles. The number of aryl methyl sites for hydroxylation is 1. The molecule has 0 bridgehead atoms. The standard InChI is InChI=1S/C8H7Cl2FO/c1-5-2-6(9)7(10)3-8(5)12-4-11/h2-3H,4H2,1H3. The van der Waals surface area contributed by atoms with Crippen LogP contribution in [0.3, 0.4) is 0 Å². The van der Waals surface area contributed by atoms with Crippen LogP contribution < -0.4 is 4.74 Å². The van der Waals surface area contributed by atoms with E-state index in [1.807, 2.05) is 0 Å². The Labute approximate surface area is 80.0 Å². The van der Waals surface area contributed by atoms with Crippen LogP contribution in [-0.2, 0) is 0 Å². The first-order valence-corrected chi connectivity index (χ1v) is 4.05. The van der Waals surface area contributed by atoms with E-state index in [0.29, 0.717) is 15.8 Å². The molecule has 0 amide bonds. The second-order valence-corrected chi connectivity index (χ2v) is 3.10. The lowest BCUT2D eigenvalue weighted by Crippen LogP contribution is -1.92. The first-order valence-electron chi connectivity index (χ1n) is 3.29. The second kappa shape index (κ2) is 3.97. The van der Waals surface area contributed by atoms with E-state index >= 15 is 0 Å². The molecule has 0 aliphatic heterocycles. The molecule has 12 heavy (non-hydrogen) atoms. The zero-order valence-electron chi connectivity index (χ0n) is 6.40. The van der Waals surface area contributed by atoms with Gasteiger partial charge in [0, 0.05) is 6.07 Å². The average molecular weight is 209 g/mol. The highest BCUT2D eigenvalue weighted by Crippen LogP contribution is 2.29. The maximum Gasteiger partial charge on any atom is 0.228 e. The van der Waals surface area contributed by atoms with E-state index in [2.05, 4.69) is 4.74 Å². The molecule has 0 fully saturated rings. The summed E-state index contributed by atoms with van der Waals surface area (Å²) in [4.78, 5) is 0. The Morgan fingerprint density at radius 3 is 2.50 bits per heavy atom. The number of rotatable bonds is 2. The van der Waals surface area contributed by atoms with Gasteiger partial charge < -0.3 is 4.74 Å². The van der Waals surface area contributed by atoms with Crippen LogP contribution in [0.4, 0.5) is 4.39 Å². The largest absolute Gasteiger partial charge is 0.463 e. The Morgan fingerprint density at radius 1 is 1.33 bits per heavy atom. The minimum Gasteiger partial charge on any atom is -0.463 e. The zero-order valence-corrected chi connectivity index (χ0v) is 7.92. The minimum absolute atomic E-state index is 0.366. The summed E-state index contributed by atoms with van der Waals surface area (Å²) in [6, 6.07) is 3.13. The third-order valence-corrected chi connectivity index (χ3v) is 2.15. The highest BCUT2D eigenvalue weighted by atomic mass is 35.5. The molecular formula is C8H7Cl2FO. The maximum absolute atomic E-state index is 11.8. The zero-order chi connectivity index (χ0) is 9.14. The molecular weight excluding hydrogens is 202 g/mol. The molecule has 0 aromatic heterocycles. The Bertz CT molecular complexity index is 289. The molecule has 0 N–H and O–H groups in total. The first-order chi connectivity index (χ1) is 5.65. The van der Waals surface area contributed by atoms with Crippen molar-refractivity contribution in [1.82, 2.24) is 0 Å². The van der Waals surface area contributed by atoms with E-state index in [1.54, 1.807) is 13.0 Å². The van der Waals surface area contributed by atoms with Crippen molar-refractivity contribution in [2.45, 2.75) is 6.92 Å². The van der Waals surface area contributed by atoms with Gasteiger partial charge in [-0.1, -0.05) is 23.2 Å². The minimum atomic E-state index is -0.862. The predicted octanol–water partition coefficient (Wildman–Crippen LogP) is 3.61.